The van der Waals surface area contributed by atoms with E-state index in [4.69, 9.17) is 23.2 Å². The summed E-state index contributed by atoms with van der Waals surface area (Å²) in [6, 6.07) is 6.52. The lowest BCUT2D eigenvalue weighted by Gasteiger charge is -2.04. The number of hydrogen-bond acceptors (Lipinski definition) is 1. The number of rotatable bonds is 2. The van der Waals surface area contributed by atoms with Crippen molar-refractivity contribution in [3.05, 3.63) is 49.1 Å². The molecule has 1 heterocycles. The van der Waals surface area contributed by atoms with Gasteiger partial charge >= 0.3 is 0 Å². The molecule has 94 valence electrons. The van der Waals surface area contributed by atoms with E-state index in [-0.39, 0.29) is 5.91 Å². The van der Waals surface area contributed by atoms with Crippen molar-refractivity contribution in [3.8, 4) is 0 Å². The van der Waals surface area contributed by atoms with Gasteiger partial charge in [-0.2, -0.15) is 0 Å². The number of aromatic amines is 1. The molecule has 0 unspecified atom stereocenters. The van der Waals surface area contributed by atoms with Gasteiger partial charge in [0.05, 0.1) is 9.08 Å². The summed E-state index contributed by atoms with van der Waals surface area (Å²) in [7, 11) is 0. The van der Waals surface area contributed by atoms with Crippen molar-refractivity contribution in [2.45, 2.75) is 0 Å². The largest absolute Gasteiger partial charge is 0.344 e. The Bertz CT molecular complexity index is 573. The van der Waals surface area contributed by atoms with Crippen molar-refractivity contribution in [1.82, 2.24) is 4.98 Å². The Kier molecular flexibility index (Phi) is 4.37. The van der Waals surface area contributed by atoms with Gasteiger partial charge in [-0.05, 0) is 56.1 Å². The molecule has 0 atom stereocenters. The van der Waals surface area contributed by atoms with Crippen molar-refractivity contribution in [3.63, 3.8) is 0 Å². The first-order valence-corrected chi connectivity index (χ1v) is 7.11. The van der Waals surface area contributed by atoms with Gasteiger partial charge in [-0.1, -0.05) is 23.2 Å². The van der Waals surface area contributed by atoms with Crippen molar-refractivity contribution in [2.24, 2.45) is 0 Å². The van der Waals surface area contributed by atoms with Crippen molar-refractivity contribution in [1.29, 1.82) is 0 Å². The number of aromatic nitrogens is 1. The van der Waals surface area contributed by atoms with Crippen molar-refractivity contribution < 1.29 is 4.79 Å². The first kappa shape index (κ1) is 13.9. The number of benzene rings is 1. The normalized spacial score (nSPS) is 10.4. The number of amides is 1. The third kappa shape index (κ3) is 3.29. The minimum Gasteiger partial charge on any atom is -0.344 e. The van der Waals surface area contributed by atoms with Gasteiger partial charge in [0, 0.05) is 15.7 Å². The molecule has 1 aromatic heterocycles. The molecule has 2 aromatic rings. The van der Waals surface area contributed by atoms with Gasteiger partial charge in [0.1, 0.15) is 5.69 Å². The van der Waals surface area contributed by atoms with Crippen LogP contribution in [0.25, 0.3) is 0 Å². The van der Waals surface area contributed by atoms with Gasteiger partial charge in [-0.3, -0.25) is 4.79 Å². The summed E-state index contributed by atoms with van der Waals surface area (Å²) in [4.78, 5) is 14.8. The molecule has 0 aliphatic rings. The molecule has 0 aliphatic heterocycles. The van der Waals surface area contributed by atoms with E-state index in [2.05, 4.69) is 42.2 Å². The summed E-state index contributed by atoms with van der Waals surface area (Å²) in [6.45, 7) is 0. The molecule has 2 N–H and O–H groups in total. The molecule has 3 nitrogen and oxygen atoms in total. The molecular weight excluding hydrogens is 407 g/mol. The van der Waals surface area contributed by atoms with Gasteiger partial charge < -0.3 is 10.3 Å². The number of nitrogens with one attached hydrogen (secondary N) is 2. The first-order valence-electron chi connectivity index (χ1n) is 4.77. The molecular formula is C11H6Br2Cl2N2O. The van der Waals surface area contributed by atoms with Crippen LogP contribution < -0.4 is 5.32 Å². The van der Waals surface area contributed by atoms with E-state index in [0.29, 0.717) is 26.0 Å². The quantitative estimate of drug-likeness (QED) is 0.708. The monoisotopic (exact) mass is 410 g/mol. The van der Waals surface area contributed by atoms with Crippen LogP contribution in [0.1, 0.15) is 10.5 Å². The Morgan fingerprint density at radius 1 is 1.11 bits per heavy atom. The fourth-order valence-electron chi connectivity index (χ4n) is 1.35. The highest BCUT2D eigenvalue weighted by Gasteiger charge is 2.11. The second kappa shape index (κ2) is 5.65. The van der Waals surface area contributed by atoms with Crippen molar-refractivity contribution >= 4 is 66.7 Å². The molecule has 0 saturated heterocycles. The molecule has 0 aliphatic carbocycles. The number of hydrogen-bond donors (Lipinski definition) is 2. The van der Waals surface area contributed by atoms with E-state index in [1.807, 2.05) is 0 Å². The van der Waals surface area contributed by atoms with Crippen LogP contribution in [-0.2, 0) is 0 Å². The maximum absolute atomic E-state index is 11.9. The van der Waals surface area contributed by atoms with Crippen LogP contribution in [0.3, 0.4) is 0 Å². The number of anilines is 1. The minimum absolute atomic E-state index is 0.278. The summed E-state index contributed by atoms with van der Waals surface area (Å²) in [5.74, 6) is -0.278. The fourth-order valence-corrected chi connectivity index (χ4v) is 2.53. The highest BCUT2D eigenvalue weighted by Crippen LogP contribution is 2.25. The number of halogens is 4. The molecule has 0 saturated carbocycles. The van der Waals surface area contributed by atoms with Crippen LogP contribution >= 0.6 is 55.1 Å². The zero-order chi connectivity index (χ0) is 13.3. The lowest BCUT2D eigenvalue weighted by Crippen LogP contribution is -2.12. The van der Waals surface area contributed by atoms with E-state index < -0.39 is 0 Å². The molecule has 0 spiro atoms. The van der Waals surface area contributed by atoms with E-state index in [1.165, 1.54) is 0 Å². The molecule has 1 aromatic carbocycles. The van der Waals surface area contributed by atoms with Gasteiger partial charge in [0.15, 0.2) is 0 Å². The number of carbonyl (C=O) groups is 1. The van der Waals surface area contributed by atoms with Gasteiger partial charge in [-0.15, -0.1) is 0 Å². The molecule has 18 heavy (non-hydrogen) atoms. The summed E-state index contributed by atoms with van der Waals surface area (Å²) < 4.78 is 1.48. The van der Waals surface area contributed by atoms with Crippen LogP contribution in [0.15, 0.2) is 33.3 Å². The average Bonchev–Trinajstić information content (AvgIpc) is 2.57. The highest BCUT2D eigenvalue weighted by atomic mass is 79.9. The SMILES string of the molecule is O=C(Nc1cc(Cl)cc(Cl)c1)c1cc(Br)c(Br)[nH]1. The lowest BCUT2D eigenvalue weighted by molar-refractivity contribution is 0.102. The fraction of sp³-hybridized carbons (Fsp3) is 0. The molecule has 2 rings (SSSR count). The van der Waals surface area contributed by atoms with Crippen LogP contribution in [0, 0.1) is 0 Å². The molecule has 0 radical (unpaired) electrons. The van der Waals surface area contributed by atoms with E-state index in [0.717, 1.165) is 4.47 Å². The van der Waals surface area contributed by atoms with Crippen LogP contribution in [0.4, 0.5) is 5.69 Å². The van der Waals surface area contributed by atoms with Crippen LogP contribution in [-0.4, -0.2) is 10.9 Å². The minimum atomic E-state index is -0.278. The zero-order valence-electron chi connectivity index (χ0n) is 8.73. The standard InChI is InChI=1S/C11H6Br2Cl2N2O/c12-8-4-9(17-10(8)13)11(18)16-7-2-5(14)1-6(15)3-7/h1-4,17H,(H,16,18). The summed E-state index contributed by atoms with van der Waals surface area (Å²) in [5.41, 5.74) is 0.962. The predicted molar refractivity (Wildman–Crippen MR) is 80.6 cm³/mol. The lowest BCUT2D eigenvalue weighted by atomic mass is 10.3. The highest BCUT2D eigenvalue weighted by molar-refractivity contribution is 9.13. The van der Waals surface area contributed by atoms with Crippen LogP contribution in [0.5, 0.6) is 0 Å². The van der Waals surface area contributed by atoms with Gasteiger partial charge in [-0.25, -0.2) is 0 Å². The smallest absolute Gasteiger partial charge is 0.272 e. The zero-order valence-corrected chi connectivity index (χ0v) is 13.4. The van der Waals surface area contributed by atoms with Crippen molar-refractivity contribution in [2.75, 3.05) is 5.32 Å². The predicted octanol–water partition coefficient (Wildman–Crippen LogP) is 5.10. The Labute approximate surface area is 130 Å². The first-order chi connectivity index (χ1) is 8.45. The third-order valence-corrected chi connectivity index (χ3v) is 4.31. The Morgan fingerprint density at radius 3 is 2.22 bits per heavy atom. The average molecular weight is 413 g/mol. The third-order valence-electron chi connectivity index (χ3n) is 2.09. The molecule has 0 bridgehead atoms. The molecule has 0 fully saturated rings. The van der Waals surface area contributed by atoms with Crippen LogP contribution in [0.2, 0.25) is 10.0 Å². The number of H-pyrrole nitrogens is 1. The second-order valence-corrected chi connectivity index (χ2v) is 5.98. The van der Waals surface area contributed by atoms with E-state index in [1.54, 1.807) is 24.3 Å². The van der Waals surface area contributed by atoms with Gasteiger partial charge in [0.25, 0.3) is 5.91 Å². The summed E-state index contributed by atoms with van der Waals surface area (Å²) in [5, 5.41) is 3.63. The van der Waals surface area contributed by atoms with Gasteiger partial charge in [0.2, 0.25) is 0 Å². The van der Waals surface area contributed by atoms with E-state index in [9.17, 15) is 4.79 Å². The molecule has 1 amide bonds. The Hall–Kier alpha value is -0.490. The van der Waals surface area contributed by atoms with E-state index >= 15 is 0 Å². The Balaban J connectivity index is 2.21. The number of carbonyl (C=O) groups excluding carboxylic acids is 1. The Morgan fingerprint density at radius 2 is 1.72 bits per heavy atom. The second-order valence-electron chi connectivity index (χ2n) is 3.46. The molecule has 7 heteroatoms. The maximum atomic E-state index is 11.9. The maximum Gasteiger partial charge on any atom is 0.272 e. The summed E-state index contributed by atoms with van der Waals surface area (Å²) >= 11 is 18.3. The topological polar surface area (TPSA) is 44.9 Å². The summed E-state index contributed by atoms with van der Waals surface area (Å²) in [6.07, 6.45) is 0.